The number of hydrogen-bond acceptors (Lipinski definition) is 3. The third-order valence-electron chi connectivity index (χ3n) is 1.87. The van der Waals surface area contributed by atoms with E-state index in [4.69, 9.17) is 11.6 Å². The zero-order valence-electron chi connectivity index (χ0n) is 6.95. The van der Waals surface area contributed by atoms with Crippen LogP contribution in [-0.4, -0.2) is 15.2 Å². The van der Waals surface area contributed by atoms with Gasteiger partial charge in [0.05, 0.1) is 17.2 Å². The van der Waals surface area contributed by atoms with Crippen LogP contribution >= 0.6 is 11.6 Å². The molecule has 70 valence electrons. The van der Waals surface area contributed by atoms with Gasteiger partial charge in [-0.1, -0.05) is 0 Å². The van der Waals surface area contributed by atoms with Crippen LogP contribution in [0.5, 0.6) is 0 Å². The van der Waals surface area contributed by atoms with Crippen LogP contribution in [0.2, 0.25) is 0 Å². The fraction of sp³-hybridized carbons (Fsp3) is 0. The number of carbonyl (C=O) groups excluding carboxylic acids is 1. The average Bonchev–Trinajstić information content (AvgIpc) is 2.18. The Kier molecular flexibility index (Phi) is 2.05. The molecule has 0 amide bonds. The predicted octanol–water partition coefficient (Wildman–Crippen LogP) is 1.30. The van der Waals surface area contributed by atoms with Gasteiger partial charge in [-0.2, -0.15) is 0 Å². The van der Waals surface area contributed by atoms with Crippen LogP contribution in [0.3, 0.4) is 0 Å². The maximum atomic E-state index is 11.3. The number of H-pyrrole nitrogens is 1. The van der Waals surface area contributed by atoms with Crippen LogP contribution in [0, 0.1) is 0 Å². The molecule has 0 saturated carbocycles. The van der Waals surface area contributed by atoms with Gasteiger partial charge in [0, 0.05) is 5.56 Å². The Morgan fingerprint density at radius 1 is 1.43 bits per heavy atom. The summed E-state index contributed by atoms with van der Waals surface area (Å²) in [7, 11) is 0. The maximum absolute atomic E-state index is 11.3. The molecule has 5 heteroatoms. The number of aromatic amines is 1. The summed E-state index contributed by atoms with van der Waals surface area (Å²) in [5, 5.41) is -0.228. The molecule has 2 rings (SSSR count). The largest absolute Gasteiger partial charge is 0.313 e. The lowest BCUT2D eigenvalue weighted by molar-refractivity contribution is 0.108. The van der Waals surface area contributed by atoms with Crippen molar-refractivity contribution >= 4 is 27.7 Å². The summed E-state index contributed by atoms with van der Waals surface area (Å²) in [5.41, 5.74) is 0.544. The number of fused-ring (bicyclic) bond motifs is 1. The molecular formula is C9H5ClN2O2. The fourth-order valence-electron chi connectivity index (χ4n) is 1.19. The summed E-state index contributed by atoms with van der Waals surface area (Å²) in [6.45, 7) is 0. The molecule has 1 aromatic carbocycles. The molecule has 0 aliphatic heterocycles. The lowest BCUT2D eigenvalue weighted by atomic mass is 10.2. The lowest BCUT2D eigenvalue weighted by Crippen LogP contribution is -2.06. The van der Waals surface area contributed by atoms with Gasteiger partial charge in [0.15, 0.2) is 0 Å². The van der Waals surface area contributed by atoms with Gasteiger partial charge in [0.2, 0.25) is 0 Å². The lowest BCUT2D eigenvalue weighted by Gasteiger charge is -1.96. The Morgan fingerprint density at radius 3 is 2.93 bits per heavy atom. The monoisotopic (exact) mass is 208 g/mol. The third-order valence-corrected chi connectivity index (χ3v) is 2.09. The molecular weight excluding hydrogens is 204 g/mol. The molecule has 0 fully saturated rings. The van der Waals surface area contributed by atoms with E-state index in [-0.39, 0.29) is 11.1 Å². The number of nitrogens with one attached hydrogen (secondary N) is 1. The van der Waals surface area contributed by atoms with Crippen molar-refractivity contribution < 1.29 is 4.79 Å². The van der Waals surface area contributed by atoms with Gasteiger partial charge in [-0.15, -0.1) is 0 Å². The predicted molar refractivity (Wildman–Crippen MR) is 52.5 cm³/mol. The fourth-order valence-corrected chi connectivity index (χ4v) is 1.31. The van der Waals surface area contributed by atoms with E-state index in [1.165, 1.54) is 18.5 Å². The minimum atomic E-state index is -0.588. The quantitative estimate of drug-likeness (QED) is 0.719. The topological polar surface area (TPSA) is 62.8 Å². The van der Waals surface area contributed by atoms with Crippen LogP contribution in [0.4, 0.5) is 0 Å². The van der Waals surface area contributed by atoms with Gasteiger partial charge in [-0.05, 0) is 29.8 Å². The van der Waals surface area contributed by atoms with Crippen LogP contribution < -0.4 is 5.56 Å². The molecule has 4 nitrogen and oxygen atoms in total. The highest BCUT2D eigenvalue weighted by Gasteiger charge is 2.05. The molecule has 0 saturated heterocycles. The molecule has 0 unspecified atom stereocenters. The average molecular weight is 209 g/mol. The second-order valence-electron chi connectivity index (χ2n) is 2.74. The van der Waals surface area contributed by atoms with E-state index in [1.807, 2.05) is 0 Å². The molecule has 0 radical (unpaired) electrons. The summed E-state index contributed by atoms with van der Waals surface area (Å²) in [4.78, 5) is 28.5. The minimum absolute atomic E-state index is 0.283. The van der Waals surface area contributed by atoms with Crippen molar-refractivity contribution in [1.29, 1.82) is 0 Å². The number of benzene rings is 1. The molecule has 0 spiro atoms. The van der Waals surface area contributed by atoms with Crippen LogP contribution in [-0.2, 0) is 0 Å². The van der Waals surface area contributed by atoms with E-state index < -0.39 is 5.24 Å². The van der Waals surface area contributed by atoms with Crippen molar-refractivity contribution in [1.82, 2.24) is 9.97 Å². The van der Waals surface area contributed by atoms with Gasteiger partial charge in [-0.3, -0.25) is 9.59 Å². The smallest absolute Gasteiger partial charge is 0.258 e. The van der Waals surface area contributed by atoms with Crippen LogP contribution in [0.1, 0.15) is 10.4 Å². The summed E-state index contributed by atoms with van der Waals surface area (Å²) in [5.74, 6) is 0. The maximum Gasteiger partial charge on any atom is 0.258 e. The first-order chi connectivity index (χ1) is 6.68. The van der Waals surface area contributed by atoms with Crippen LogP contribution in [0.25, 0.3) is 10.9 Å². The van der Waals surface area contributed by atoms with Crippen molar-refractivity contribution in [2.24, 2.45) is 0 Å². The molecule has 2 aromatic rings. The zero-order valence-corrected chi connectivity index (χ0v) is 7.71. The number of nitrogens with zero attached hydrogens (tertiary/aromatic N) is 1. The van der Waals surface area contributed by atoms with Crippen LogP contribution in [0.15, 0.2) is 29.3 Å². The highest BCUT2D eigenvalue weighted by atomic mass is 35.5. The summed E-state index contributed by atoms with van der Waals surface area (Å²) >= 11 is 5.28. The van der Waals surface area contributed by atoms with Gasteiger partial charge >= 0.3 is 0 Å². The summed E-state index contributed by atoms with van der Waals surface area (Å²) in [6.07, 6.45) is 1.31. The Hall–Kier alpha value is -1.68. The number of aromatic nitrogens is 2. The van der Waals surface area contributed by atoms with Gasteiger partial charge < -0.3 is 4.98 Å². The highest BCUT2D eigenvalue weighted by Crippen LogP contribution is 2.10. The highest BCUT2D eigenvalue weighted by molar-refractivity contribution is 6.67. The van der Waals surface area contributed by atoms with E-state index in [0.29, 0.717) is 10.9 Å². The first-order valence-electron chi connectivity index (χ1n) is 3.86. The van der Waals surface area contributed by atoms with Gasteiger partial charge in [0.25, 0.3) is 10.8 Å². The molecule has 0 atom stereocenters. The number of hydrogen-bond donors (Lipinski definition) is 1. The molecule has 0 bridgehead atoms. The van der Waals surface area contributed by atoms with Gasteiger partial charge in [0.1, 0.15) is 0 Å². The first-order valence-corrected chi connectivity index (χ1v) is 4.23. The van der Waals surface area contributed by atoms with Crippen molar-refractivity contribution in [2.75, 3.05) is 0 Å². The third kappa shape index (κ3) is 1.40. The Morgan fingerprint density at radius 2 is 2.21 bits per heavy atom. The van der Waals surface area contributed by atoms with Crippen molar-refractivity contribution in [3.63, 3.8) is 0 Å². The molecule has 0 aliphatic rings. The van der Waals surface area contributed by atoms with Crippen molar-refractivity contribution in [3.8, 4) is 0 Å². The number of halogens is 1. The second-order valence-corrected chi connectivity index (χ2v) is 3.08. The Bertz CT molecular complexity index is 562. The van der Waals surface area contributed by atoms with E-state index >= 15 is 0 Å². The standard InChI is InChI=1S/C9H5ClN2O2/c10-8(13)5-1-2-7-6(3-5)9(14)12-4-11-7/h1-4H,(H,11,12,14). The molecule has 1 N–H and O–H groups in total. The van der Waals surface area contributed by atoms with E-state index in [1.54, 1.807) is 6.07 Å². The zero-order chi connectivity index (χ0) is 10.1. The van der Waals surface area contributed by atoms with Crippen molar-refractivity contribution in [3.05, 3.63) is 40.4 Å². The molecule has 14 heavy (non-hydrogen) atoms. The van der Waals surface area contributed by atoms with E-state index in [2.05, 4.69) is 9.97 Å². The number of carbonyl (C=O) groups is 1. The molecule has 0 aliphatic carbocycles. The summed E-state index contributed by atoms with van der Waals surface area (Å²) < 4.78 is 0. The molecule has 1 heterocycles. The summed E-state index contributed by atoms with van der Waals surface area (Å²) in [6, 6.07) is 4.54. The van der Waals surface area contributed by atoms with E-state index in [0.717, 1.165) is 0 Å². The van der Waals surface area contributed by atoms with E-state index in [9.17, 15) is 9.59 Å². The van der Waals surface area contributed by atoms with Gasteiger partial charge in [-0.25, -0.2) is 4.98 Å². The van der Waals surface area contributed by atoms with Crippen molar-refractivity contribution in [2.45, 2.75) is 0 Å². The minimum Gasteiger partial charge on any atom is -0.313 e. The normalized spacial score (nSPS) is 10.4. The number of rotatable bonds is 1. The second kappa shape index (κ2) is 3.23. The first kappa shape index (κ1) is 8.90. The molecule has 1 aromatic heterocycles. The Balaban J connectivity index is 2.83. The SMILES string of the molecule is O=C(Cl)c1ccc2nc[nH]c(=O)c2c1. The Labute approximate surface area is 83.5 Å².